The van der Waals surface area contributed by atoms with Crippen molar-refractivity contribution in [2.24, 2.45) is 0 Å². The second kappa shape index (κ2) is 12.7. The molecule has 0 atom stereocenters. The number of halogens is 1. The number of fused-ring (bicyclic) bond motifs is 2. The maximum absolute atomic E-state index is 5.78. The Labute approximate surface area is 258 Å². The molecule has 7 rings (SSSR count). The smallest absolute Gasteiger partial charge is 0.229 e. The summed E-state index contributed by atoms with van der Waals surface area (Å²) in [6.45, 7) is 0. The second-order valence-electron chi connectivity index (χ2n) is 9.45. The predicted octanol–water partition coefficient (Wildman–Crippen LogP) is 7.26. The van der Waals surface area contributed by atoms with Crippen LogP contribution in [0.15, 0.2) is 110 Å². The first-order valence-electron chi connectivity index (χ1n) is 13.6. The summed E-state index contributed by atoms with van der Waals surface area (Å²) in [5, 5.41) is 5.79. The van der Waals surface area contributed by atoms with Gasteiger partial charge in [0, 0.05) is 42.6 Å². The molecule has 10 nitrogen and oxygen atoms in total. The Morgan fingerprint density at radius 1 is 0.636 bits per heavy atom. The van der Waals surface area contributed by atoms with Gasteiger partial charge in [-0.1, -0.05) is 36.4 Å². The van der Waals surface area contributed by atoms with E-state index < -0.39 is 0 Å². The topological polar surface area (TPSA) is 101 Å². The molecule has 0 saturated heterocycles. The molecule has 0 spiro atoms. The zero-order chi connectivity index (χ0) is 30.5. The second-order valence-corrected chi connectivity index (χ2v) is 9.79. The monoisotopic (exact) mass is 605 g/mol. The summed E-state index contributed by atoms with van der Waals surface area (Å²) in [5.74, 6) is 3.65. The Morgan fingerprint density at radius 3 is 1.73 bits per heavy atom. The van der Waals surface area contributed by atoms with Gasteiger partial charge < -0.3 is 28.7 Å². The molecule has 220 valence electrons. The van der Waals surface area contributed by atoms with Crippen LogP contribution in [-0.2, 0) is 0 Å². The molecule has 3 aromatic carbocycles. The van der Waals surface area contributed by atoms with Crippen LogP contribution < -0.4 is 19.5 Å². The van der Waals surface area contributed by atoms with E-state index in [1.165, 1.54) is 5.39 Å². The molecule has 0 aliphatic heterocycles. The first kappa shape index (κ1) is 28.5. The van der Waals surface area contributed by atoms with E-state index >= 15 is 0 Å². The molecular weight excluding hydrogens is 578 g/mol. The fourth-order valence-electron chi connectivity index (χ4n) is 4.85. The third-order valence-corrected chi connectivity index (χ3v) is 7.05. The zero-order valence-electron chi connectivity index (χ0n) is 24.2. The number of methoxy groups -OCH3 is 3. The van der Waals surface area contributed by atoms with Crippen LogP contribution in [0.5, 0.6) is 17.2 Å². The van der Waals surface area contributed by atoms with Crippen molar-refractivity contribution in [2.75, 3.05) is 26.6 Å². The van der Waals surface area contributed by atoms with E-state index in [1.54, 1.807) is 33.7 Å². The van der Waals surface area contributed by atoms with E-state index in [0.717, 1.165) is 33.7 Å². The SMILES string of the molecule is COc1cc(Nc2nccc(-n3ccc4ccccc43)n2)cc(OC)c1OC.Clc1nccc(-n2ccc3ccccc32)n1. The summed E-state index contributed by atoms with van der Waals surface area (Å²) in [7, 11) is 4.73. The third kappa shape index (κ3) is 5.83. The highest BCUT2D eigenvalue weighted by molar-refractivity contribution is 6.28. The first-order valence-corrected chi connectivity index (χ1v) is 14.0. The molecule has 0 aliphatic rings. The molecule has 7 aromatic rings. The van der Waals surface area contributed by atoms with Crippen LogP contribution in [0.25, 0.3) is 33.4 Å². The summed E-state index contributed by atoms with van der Waals surface area (Å²) in [5.41, 5.74) is 2.92. The average Bonchev–Trinajstić information content (AvgIpc) is 3.70. The lowest BCUT2D eigenvalue weighted by molar-refractivity contribution is 0.324. The minimum absolute atomic E-state index is 0.260. The number of aromatic nitrogens is 6. The fraction of sp³-hybridized carbons (Fsp3) is 0.0909. The molecule has 4 heterocycles. The molecule has 0 bridgehead atoms. The van der Waals surface area contributed by atoms with Crippen LogP contribution in [0, 0.1) is 0 Å². The van der Waals surface area contributed by atoms with Gasteiger partial charge in [0.25, 0.3) is 0 Å². The van der Waals surface area contributed by atoms with Crippen LogP contribution in [-0.4, -0.2) is 50.4 Å². The van der Waals surface area contributed by atoms with E-state index in [4.69, 9.17) is 25.8 Å². The molecule has 0 amide bonds. The molecule has 0 aliphatic carbocycles. The number of para-hydroxylation sites is 2. The number of ether oxygens (including phenoxy) is 3. The minimum Gasteiger partial charge on any atom is -0.493 e. The van der Waals surface area contributed by atoms with Gasteiger partial charge in [-0.25, -0.2) is 9.97 Å². The first-order chi connectivity index (χ1) is 21.6. The van der Waals surface area contributed by atoms with Crippen molar-refractivity contribution in [1.29, 1.82) is 0 Å². The molecular formula is C33H28ClN7O3. The number of nitrogens with one attached hydrogen (secondary N) is 1. The molecule has 0 radical (unpaired) electrons. The fourth-order valence-corrected chi connectivity index (χ4v) is 4.99. The van der Waals surface area contributed by atoms with Crippen molar-refractivity contribution in [2.45, 2.75) is 0 Å². The quantitative estimate of drug-likeness (QED) is 0.189. The molecule has 1 N–H and O–H groups in total. The van der Waals surface area contributed by atoms with Gasteiger partial charge in [-0.05, 0) is 58.8 Å². The number of nitrogens with zero attached hydrogens (tertiary/aromatic N) is 6. The minimum atomic E-state index is 0.260. The molecule has 44 heavy (non-hydrogen) atoms. The summed E-state index contributed by atoms with van der Waals surface area (Å²) >= 11 is 5.78. The zero-order valence-corrected chi connectivity index (χ0v) is 24.9. The van der Waals surface area contributed by atoms with Crippen molar-refractivity contribution in [1.82, 2.24) is 29.1 Å². The summed E-state index contributed by atoms with van der Waals surface area (Å²) < 4.78 is 20.2. The van der Waals surface area contributed by atoms with Gasteiger partial charge in [-0.2, -0.15) is 9.97 Å². The van der Waals surface area contributed by atoms with E-state index in [2.05, 4.69) is 49.5 Å². The van der Waals surface area contributed by atoms with Crippen molar-refractivity contribution < 1.29 is 14.2 Å². The number of anilines is 2. The number of rotatable bonds is 7. The normalized spacial score (nSPS) is 10.7. The van der Waals surface area contributed by atoms with Crippen molar-refractivity contribution in [3.05, 3.63) is 115 Å². The van der Waals surface area contributed by atoms with Gasteiger partial charge in [-0.15, -0.1) is 0 Å². The van der Waals surface area contributed by atoms with Crippen LogP contribution >= 0.6 is 11.6 Å². The third-order valence-electron chi connectivity index (χ3n) is 6.87. The van der Waals surface area contributed by atoms with Gasteiger partial charge >= 0.3 is 0 Å². The highest BCUT2D eigenvalue weighted by atomic mass is 35.5. The number of benzene rings is 3. The Kier molecular flexibility index (Phi) is 8.24. The molecule has 0 unspecified atom stereocenters. The van der Waals surface area contributed by atoms with Crippen molar-refractivity contribution in [3.8, 4) is 28.9 Å². The van der Waals surface area contributed by atoms with Crippen LogP contribution in [0.1, 0.15) is 0 Å². The standard InChI is InChI=1S/C21H20N4O3.C12H8ClN3/c1-26-17-12-15(13-18(27-2)20(17)28-3)23-21-22-10-8-19(24-21)25-11-9-14-6-4-5-7-16(14)25;13-12-14-7-5-11(15-12)16-8-6-9-3-1-2-4-10(9)16/h4-13H,1-3H3,(H,22,23,24);1-8H. The average molecular weight is 606 g/mol. The van der Waals surface area contributed by atoms with Crippen LogP contribution in [0.2, 0.25) is 5.28 Å². The van der Waals surface area contributed by atoms with Gasteiger partial charge in [0.1, 0.15) is 11.6 Å². The van der Waals surface area contributed by atoms with Gasteiger partial charge in [0.05, 0.1) is 32.4 Å². The molecule has 11 heteroatoms. The van der Waals surface area contributed by atoms with Gasteiger partial charge in [0.15, 0.2) is 11.5 Å². The Bertz CT molecular complexity index is 2030. The number of hydrogen-bond donors (Lipinski definition) is 1. The lowest BCUT2D eigenvalue weighted by atomic mass is 10.2. The lowest BCUT2D eigenvalue weighted by Gasteiger charge is -2.15. The van der Waals surface area contributed by atoms with Crippen LogP contribution in [0.4, 0.5) is 11.6 Å². The highest BCUT2D eigenvalue weighted by Crippen LogP contribution is 2.40. The summed E-state index contributed by atoms with van der Waals surface area (Å²) in [6, 6.07) is 27.7. The van der Waals surface area contributed by atoms with E-state index in [9.17, 15) is 0 Å². The predicted molar refractivity (Wildman–Crippen MR) is 172 cm³/mol. The summed E-state index contributed by atoms with van der Waals surface area (Å²) in [4.78, 5) is 17.0. The van der Waals surface area contributed by atoms with Crippen molar-refractivity contribution >= 4 is 45.0 Å². The molecule has 4 aromatic heterocycles. The highest BCUT2D eigenvalue weighted by Gasteiger charge is 2.14. The maximum Gasteiger partial charge on any atom is 0.229 e. The Balaban J connectivity index is 0.000000181. The van der Waals surface area contributed by atoms with Crippen molar-refractivity contribution in [3.63, 3.8) is 0 Å². The van der Waals surface area contributed by atoms with Gasteiger partial charge in [-0.3, -0.25) is 0 Å². The number of hydrogen-bond acceptors (Lipinski definition) is 8. The van der Waals surface area contributed by atoms with Gasteiger partial charge in [0.2, 0.25) is 17.0 Å². The van der Waals surface area contributed by atoms with Crippen LogP contribution in [0.3, 0.4) is 0 Å². The maximum atomic E-state index is 5.78. The molecule has 0 saturated carbocycles. The Morgan fingerprint density at radius 2 is 1.18 bits per heavy atom. The molecule has 0 fully saturated rings. The van der Waals surface area contributed by atoms with E-state index in [0.29, 0.717) is 23.2 Å². The lowest BCUT2D eigenvalue weighted by Crippen LogP contribution is -2.03. The van der Waals surface area contributed by atoms with E-state index in [-0.39, 0.29) is 5.28 Å². The Hall–Kier alpha value is -5.61. The largest absolute Gasteiger partial charge is 0.493 e. The van der Waals surface area contributed by atoms with E-state index in [1.807, 2.05) is 82.2 Å². The summed E-state index contributed by atoms with van der Waals surface area (Å²) in [6.07, 6.45) is 7.34.